The van der Waals surface area contributed by atoms with Gasteiger partial charge < -0.3 is 19.9 Å². The fraction of sp³-hybridized carbons (Fsp3) is 0.529. The molecule has 0 radical (unpaired) electrons. The molecule has 1 aromatic rings. The number of hydrogen-bond acceptors (Lipinski definition) is 4. The van der Waals surface area contributed by atoms with Gasteiger partial charge in [-0.3, -0.25) is 9.59 Å². The summed E-state index contributed by atoms with van der Waals surface area (Å²) in [5.41, 5.74) is 0.415. The van der Waals surface area contributed by atoms with Gasteiger partial charge in [-0.1, -0.05) is 42.8 Å². The van der Waals surface area contributed by atoms with E-state index >= 15 is 0 Å². The van der Waals surface area contributed by atoms with Gasteiger partial charge in [0.2, 0.25) is 5.91 Å². The highest BCUT2D eigenvalue weighted by Gasteiger charge is 2.43. The molecule has 0 aromatic heterocycles. The number of carbonyl (C=O) groups excluding carboxylic acids is 1. The van der Waals surface area contributed by atoms with Crippen LogP contribution in [0.1, 0.15) is 11.5 Å². The maximum atomic E-state index is 11.9. The van der Waals surface area contributed by atoms with E-state index in [0.29, 0.717) is 17.9 Å². The number of ether oxygens (including phenoxy) is 2. The van der Waals surface area contributed by atoms with E-state index in [0.717, 1.165) is 6.04 Å². The van der Waals surface area contributed by atoms with Gasteiger partial charge in [-0.2, -0.15) is 0 Å². The van der Waals surface area contributed by atoms with E-state index < -0.39 is 31.8 Å². The molecular weight excluding hydrogens is 397 g/mol. The lowest BCUT2D eigenvalue weighted by Crippen LogP contribution is -2.27. The molecule has 1 amide bonds. The number of carbonyl (C=O) groups is 2. The zero-order valence-corrected chi connectivity index (χ0v) is 17.5. The van der Waals surface area contributed by atoms with Crippen LogP contribution in [0.3, 0.4) is 0 Å². The molecule has 1 fully saturated rings. The van der Waals surface area contributed by atoms with Crippen LogP contribution in [-0.2, 0) is 14.3 Å². The largest absolute Gasteiger partial charge is 0.481 e. The van der Waals surface area contributed by atoms with Crippen LogP contribution in [-0.4, -0.2) is 45.0 Å². The van der Waals surface area contributed by atoms with Gasteiger partial charge in [0, 0.05) is 32.7 Å². The van der Waals surface area contributed by atoms with Crippen molar-refractivity contribution in [2.45, 2.75) is 31.6 Å². The van der Waals surface area contributed by atoms with Gasteiger partial charge in [0.15, 0.2) is 6.79 Å². The third-order valence-electron chi connectivity index (χ3n) is 4.20. The summed E-state index contributed by atoms with van der Waals surface area (Å²) in [7, 11) is -1.19. The Morgan fingerprint density at radius 2 is 2.04 bits per heavy atom. The predicted octanol–water partition coefficient (Wildman–Crippen LogP) is 3.60. The van der Waals surface area contributed by atoms with E-state index in [1.54, 1.807) is 12.1 Å². The molecule has 6 nitrogen and oxygen atoms in total. The van der Waals surface area contributed by atoms with Gasteiger partial charge in [-0.05, 0) is 18.2 Å². The van der Waals surface area contributed by atoms with Crippen LogP contribution in [0.15, 0.2) is 12.1 Å². The monoisotopic (exact) mass is 419 g/mol. The van der Waals surface area contributed by atoms with Crippen molar-refractivity contribution in [2.24, 2.45) is 5.92 Å². The van der Waals surface area contributed by atoms with Crippen molar-refractivity contribution >= 4 is 43.2 Å². The van der Waals surface area contributed by atoms with Gasteiger partial charge in [0.25, 0.3) is 0 Å². The molecule has 1 saturated heterocycles. The first-order valence-electron chi connectivity index (χ1n) is 8.31. The van der Waals surface area contributed by atoms with Crippen LogP contribution >= 0.6 is 23.2 Å². The lowest BCUT2D eigenvalue weighted by molar-refractivity contribution is -0.145. The smallest absolute Gasteiger partial charge is 0.316 e. The summed E-state index contributed by atoms with van der Waals surface area (Å²) in [5.74, 6) is -3.28. The minimum absolute atomic E-state index is 0.0152. The topological polar surface area (TPSA) is 84.9 Å². The first kappa shape index (κ1) is 21.0. The van der Waals surface area contributed by atoms with E-state index in [-0.39, 0.29) is 23.4 Å². The van der Waals surface area contributed by atoms with Crippen LogP contribution in [0.2, 0.25) is 35.7 Å². The van der Waals surface area contributed by atoms with Crippen LogP contribution in [0.5, 0.6) is 5.75 Å². The van der Waals surface area contributed by atoms with Gasteiger partial charge in [0.1, 0.15) is 11.7 Å². The molecule has 1 unspecified atom stereocenters. The summed E-state index contributed by atoms with van der Waals surface area (Å²) >= 11 is 12.4. The predicted molar refractivity (Wildman–Crippen MR) is 103 cm³/mol. The van der Waals surface area contributed by atoms with E-state index in [1.807, 2.05) is 0 Å². The van der Waals surface area contributed by atoms with E-state index in [4.69, 9.17) is 32.7 Å². The Hall–Kier alpha value is -1.28. The highest BCUT2D eigenvalue weighted by molar-refractivity contribution is 6.76. The van der Waals surface area contributed by atoms with Crippen LogP contribution in [0.25, 0.3) is 0 Å². The van der Waals surface area contributed by atoms with Crippen molar-refractivity contribution in [1.82, 2.24) is 5.32 Å². The molecule has 2 N–H and O–H groups in total. The first-order valence-corrected chi connectivity index (χ1v) is 12.8. The fourth-order valence-corrected chi connectivity index (χ4v) is 3.95. The number of hydrogen-bond donors (Lipinski definition) is 2. The standard InChI is InChI=1S/C17H23Cl2NO5Si/c1-26(2,3)7-6-24-9-25-12-5-4-11(18)15(19)13(12)10-8-20-16(21)14(10)17(22)23/h4-5,10,14H,6-9H2,1-3H3,(H,20,21)(H,22,23)/t10-,14?/m1/s1. The maximum absolute atomic E-state index is 11.9. The summed E-state index contributed by atoms with van der Waals surface area (Å²) in [5, 5.41) is 12.4. The molecule has 9 heteroatoms. The number of halogens is 2. The van der Waals surface area contributed by atoms with Crippen molar-refractivity contribution < 1.29 is 24.2 Å². The third-order valence-corrected chi connectivity index (χ3v) is 6.73. The number of aliphatic carboxylic acids is 1. The molecule has 2 rings (SSSR count). The van der Waals surface area contributed by atoms with Gasteiger partial charge in [-0.15, -0.1) is 0 Å². The molecule has 0 saturated carbocycles. The quantitative estimate of drug-likeness (QED) is 0.291. The molecule has 144 valence electrons. The van der Waals surface area contributed by atoms with Crippen LogP contribution < -0.4 is 10.1 Å². The molecule has 0 aliphatic carbocycles. The molecule has 0 bridgehead atoms. The van der Waals surface area contributed by atoms with Crippen LogP contribution in [0.4, 0.5) is 0 Å². The van der Waals surface area contributed by atoms with Gasteiger partial charge in [-0.25, -0.2) is 0 Å². The van der Waals surface area contributed by atoms with Crippen LogP contribution in [0, 0.1) is 5.92 Å². The lowest BCUT2D eigenvalue weighted by Gasteiger charge is -2.21. The summed E-state index contributed by atoms with van der Waals surface area (Å²) in [4.78, 5) is 23.4. The molecule has 1 heterocycles. The maximum Gasteiger partial charge on any atom is 0.316 e. The molecular formula is C17H23Cl2NO5Si. The molecule has 1 aliphatic rings. The number of nitrogens with one attached hydrogen (secondary N) is 1. The second kappa shape index (κ2) is 8.60. The summed E-state index contributed by atoms with van der Waals surface area (Å²) in [6, 6.07) is 4.20. The first-order chi connectivity index (χ1) is 12.1. The summed E-state index contributed by atoms with van der Waals surface area (Å²) in [6.07, 6.45) is 0. The lowest BCUT2D eigenvalue weighted by atomic mass is 9.88. The van der Waals surface area contributed by atoms with E-state index in [2.05, 4.69) is 25.0 Å². The van der Waals surface area contributed by atoms with Crippen molar-refractivity contribution in [1.29, 1.82) is 0 Å². The Kier molecular flexibility index (Phi) is 6.96. The van der Waals surface area contributed by atoms with E-state index in [9.17, 15) is 14.7 Å². The van der Waals surface area contributed by atoms with Gasteiger partial charge in [0.05, 0.1) is 10.0 Å². The number of carboxylic acids is 1. The average Bonchev–Trinajstić information content (AvgIpc) is 2.91. The van der Waals surface area contributed by atoms with Crippen molar-refractivity contribution in [3.05, 3.63) is 27.7 Å². The Bertz CT molecular complexity index is 692. The van der Waals surface area contributed by atoms with E-state index in [1.165, 1.54) is 0 Å². The normalized spacial score (nSPS) is 20.1. The zero-order valence-electron chi connectivity index (χ0n) is 15.0. The number of benzene rings is 1. The van der Waals surface area contributed by atoms with Crippen molar-refractivity contribution in [3.63, 3.8) is 0 Å². The molecule has 1 aromatic carbocycles. The second-order valence-corrected chi connectivity index (χ2v) is 13.8. The second-order valence-electron chi connectivity index (χ2n) is 7.42. The summed E-state index contributed by atoms with van der Waals surface area (Å²) in [6.45, 7) is 7.52. The number of carboxylic acid groups (broad SMARTS) is 1. The molecule has 1 aliphatic heterocycles. The number of amides is 1. The zero-order chi connectivity index (χ0) is 19.5. The summed E-state index contributed by atoms with van der Waals surface area (Å²) < 4.78 is 11.2. The fourth-order valence-electron chi connectivity index (χ4n) is 2.74. The Morgan fingerprint density at radius 3 is 2.65 bits per heavy atom. The Balaban J connectivity index is 2.17. The van der Waals surface area contributed by atoms with Gasteiger partial charge >= 0.3 is 5.97 Å². The third kappa shape index (κ3) is 5.13. The molecule has 0 spiro atoms. The average molecular weight is 420 g/mol. The molecule has 2 atom stereocenters. The van der Waals surface area contributed by atoms with Crippen molar-refractivity contribution in [3.8, 4) is 5.75 Å². The Morgan fingerprint density at radius 1 is 1.35 bits per heavy atom. The minimum atomic E-state index is -1.24. The SMILES string of the molecule is C[Si](C)(C)CCOCOc1ccc(Cl)c(Cl)c1[C@H]1CNC(=O)C1C(=O)O. The minimum Gasteiger partial charge on any atom is -0.481 e. The highest BCUT2D eigenvalue weighted by atomic mass is 35.5. The van der Waals surface area contributed by atoms with Crippen molar-refractivity contribution in [2.75, 3.05) is 19.9 Å². The highest BCUT2D eigenvalue weighted by Crippen LogP contribution is 2.42. The number of rotatable bonds is 8. The molecule has 26 heavy (non-hydrogen) atoms. The Labute approximate surface area is 163 Å².